The first-order valence-corrected chi connectivity index (χ1v) is 14.7. The van der Waals surface area contributed by atoms with E-state index in [1.54, 1.807) is 6.20 Å². The zero-order valence-electron chi connectivity index (χ0n) is 24.4. The molecule has 1 aliphatic heterocycles. The molecule has 0 aliphatic carbocycles. The maximum atomic E-state index is 4.22. The number of hydrogen-bond acceptors (Lipinski definition) is 3. The Balaban J connectivity index is 0.000000203. The van der Waals surface area contributed by atoms with Crippen molar-refractivity contribution in [3.8, 4) is 11.3 Å². The van der Waals surface area contributed by atoms with Gasteiger partial charge in [0.15, 0.2) is 0 Å². The minimum absolute atomic E-state index is 0. The molecule has 0 spiro atoms. The van der Waals surface area contributed by atoms with E-state index in [1.165, 1.54) is 49.5 Å². The molecule has 0 radical (unpaired) electrons. The van der Waals surface area contributed by atoms with Gasteiger partial charge in [-0.1, -0.05) is 77.3 Å². The SMILES string of the molecule is CC(C)N1[CH-]N(c2[c-]ccc3c2c2cccc4c5ccccc5n3c42)c2ccccc21.[Ir+3].[c-]1ccccc1-c1ccccn1. The standard InChI is InChI=1S/C28H21N3.C11H8N.Ir/c1-18(2)29-17-30(24-14-6-5-13-23(24)29)25-15-8-16-26-27(25)21-11-7-10-20-19-9-3-4-12-22(19)31(26)28(20)21;1-2-6-10(7-3-1)11-8-4-5-9-12-11;/h3-14,16-18H,1-2H3;1-6,8-9H;/q-2;-1;+3. The molecule has 8 aromatic rings. The quantitative estimate of drug-likeness (QED) is 0.169. The van der Waals surface area contributed by atoms with E-state index >= 15 is 0 Å². The average Bonchev–Trinajstić information content (AvgIpc) is 3.74. The van der Waals surface area contributed by atoms with Gasteiger partial charge in [-0.3, -0.25) is 0 Å². The normalized spacial score (nSPS) is 12.6. The third-order valence-corrected chi connectivity index (χ3v) is 8.27. The summed E-state index contributed by atoms with van der Waals surface area (Å²) in [4.78, 5) is 8.87. The molecule has 5 heteroatoms. The number of para-hydroxylation sites is 4. The van der Waals surface area contributed by atoms with Crippen LogP contribution in [-0.2, 0) is 20.1 Å². The molecule has 214 valence electrons. The van der Waals surface area contributed by atoms with E-state index in [0.717, 1.165) is 16.9 Å². The smallest absolute Gasteiger partial charge is 0.499 e. The Kier molecular flexibility index (Phi) is 7.29. The van der Waals surface area contributed by atoms with Gasteiger partial charge in [-0.15, -0.1) is 42.0 Å². The van der Waals surface area contributed by atoms with Crippen molar-refractivity contribution in [2.45, 2.75) is 19.9 Å². The van der Waals surface area contributed by atoms with Crippen molar-refractivity contribution in [1.29, 1.82) is 0 Å². The van der Waals surface area contributed by atoms with Gasteiger partial charge >= 0.3 is 20.1 Å². The van der Waals surface area contributed by atoms with Crippen LogP contribution in [0.2, 0.25) is 0 Å². The molecule has 5 aromatic carbocycles. The molecule has 44 heavy (non-hydrogen) atoms. The Hall–Kier alpha value is -4.70. The zero-order chi connectivity index (χ0) is 28.9. The molecule has 4 heterocycles. The molecule has 0 fully saturated rings. The van der Waals surface area contributed by atoms with Crippen molar-refractivity contribution >= 4 is 55.2 Å². The first-order valence-electron chi connectivity index (χ1n) is 14.7. The molecule has 0 N–H and O–H groups in total. The topological polar surface area (TPSA) is 23.8 Å². The van der Waals surface area contributed by atoms with Crippen LogP contribution in [0.4, 0.5) is 17.1 Å². The zero-order valence-corrected chi connectivity index (χ0v) is 26.8. The van der Waals surface area contributed by atoms with Gasteiger partial charge in [-0.25, -0.2) is 0 Å². The van der Waals surface area contributed by atoms with Crippen LogP contribution in [0.3, 0.4) is 0 Å². The fourth-order valence-corrected chi connectivity index (χ4v) is 6.39. The molecule has 4 nitrogen and oxygen atoms in total. The average molecular weight is 746 g/mol. The molecular weight excluding hydrogens is 717 g/mol. The number of hydrogen-bond donors (Lipinski definition) is 0. The summed E-state index contributed by atoms with van der Waals surface area (Å²) in [5, 5.41) is 5.16. The second-order valence-electron chi connectivity index (χ2n) is 11.1. The number of fused-ring (bicyclic) bond motifs is 7. The van der Waals surface area contributed by atoms with Crippen LogP contribution in [0.1, 0.15) is 13.8 Å². The second kappa shape index (κ2) is 11.4. The molecule has 0 atom stereocenters. The predicted molar refractivity (Wildman–Crippen MR) is 179 cm³/mol. The summed E-state index contributed by atoms with van der Waals surface area (Å²) in [7, 11) is 0. The Bertz CT molecular complexity index is 2170. The Morgan fingerprint density at radius 1 is 0.659 bits per heavy atom. The van der Waals surface area contributed by atoms with Crippen LogP contribution >= 0.6 is 0 Å². The Morgan fingerprint density at radius 3 is 2.20 bits per heavy atom. The summed E-state index contributed by atoms with van der Waals surface area (Å²) in [5.74, 6) is 0. The van der Waals surface area contributed by atoms with Gasteiger partial charge in [-0.2, -0.15) is 18.8 Å². The summed E-state index contributed by atoms with van der Waals surface area (Å²) in [6.45, 7) is 6.69. The van der Waals surface area contributed by atoms with Gasteiger partial charge in [0.25, 0.3) is 0 Å². The molecule has 9 rings (SSSR count). The number of aromatic nitrogens is 2. The number of nitrogens with zero attached hydrogens (tertiary/aromatic N) is 4. The van der Waals surface area contributed by atoms with Crippen molar-refractivity contribution in [2.24, 2.45) is 0 Å². The minimum atomic E-state index is 0. The molecule has 0 unspecified atom stereocenters. The minimum Gasteiger partial charge on any atom is -0.499 e. The fraction of sp³-hybridized carbons (Fsp3) is 0.0769. The van der Waals surface area contributed by atoms with Crippen molar-refractivity contribution in [1.82, 2.24) is 9.38 Å². The van der Waals surface area contributed by atoms with Gasteiger partial charge in [0.2, 0.25) is 0 Å². The largest absolute Gasteiger partial charge is 3.00 e. The van der Waals surface area contributed by atoms with Crippen LogP contribution in [0.25, 0.3) is 49.4 Å². The molecule has 0 saturated carbocycles. The van der Waals surface area contributed by atoms with E-state index in [0.29, 0.717) is 6.04 Å². The van der Waals surface area contributed by atoms with Gasteiger partial charge in [0.1, 0.15) is 0 Å². The van der Waals surface area contributed by atoms with E-state index in [-0.39, 0.29) is 20.1 Å². The summed E-state index contributed by atoms with van der Waals surface area (Å²) in [6, 6.07) is 49.1. The number of anilines is 3. The molecule has 0 bridgehead atoms. The third kappa shape index (κ3) is 4.43. The first-order chi connectivity index (χ1) is 21.2. The number of benzene rings is 5. The van der Waals surface area contributed by atoms with Crippen molar-refractivity contribution in [2.75, 3.05) is 9.80 Å². The van der Waals surface area contributed by atoms with Crippen molar-refractivity contribution < 1.29 is 20.1 Å². The summed E-state index contributed by atoms with van der Waals surface area (Å²) < 4.78 is 2.43. The number of pyridine rings is 1. The van der Waals surface area contributed by atoms with Crippen LogP contribution in [0.15, 0.2) is 128 Å². The third-order valence-electron chi connectivity index (χ3n) is 8.27. The van der Waals surface area contributed by atoms with Gasteiger partial charge in [0.05, 0.1) is 5.52 Å². The fourth-order valence-electron chi connectivity index (χ4n) is 6.39. The predicted octanol–water partition coefficient (Wildman–Crippen LogP) is 9.67. The second-order valence-corrected chi connectivity index (χ2v) is 11.1. The van der Waals surface area contributed by atoms with Crippen molar-refractivity contribution in [3.63, 3.8) is 0 Å². The number of rotatable bonds is 3. The molecular formula is C39H29IrN4. The maximum Gasteiger partial charge on any atom is 3.00 e. The van der Waals surface area contributed by atoms with Gasteiger partial charge in [0, 0.05) is 33.9 Å². The monoisotopic (exact) mass is 746 g/mol. The summed E-state index contributed by atoms with van der Waals surface area (Å²) in [6.07, 6.45) is 1.79. The van der Waals surface area contributed by atoms with Crippen LogP contribution in [-0.4, -0.2) is 15.4 Å². The van der Waals surface area contributed by atoms with Crippen LogP contribution in [0, 0.1) is 18.8 Å². The molecule has 3 aromatic heterocycles. The Labute approximate surface area is 270 Å². The summed E-state index contributed by atoms with van der Waals surface area (Å²) >= 11 is 0. The summed E-state index contributed by atoms with van der Waals surface area (Å²) in [5.41, 5.74) is 9.35. The van der Waals surface area contributed by atoms with Gasteiger partial charge < -0.3 is 19.2 Å². The van der Waals surface area contributed by atoms with E-state index in [2.05, 4.69) is 131 Å². The van der Waals surface area contributed by atoms with Crippen molar-refractivity contribution in [3.05, 3.63) is 146 Å². The Morgan fingerprint density at radius 2 is 1.41 bits per heavy atom. The van der Waals surface area contributed by atoms with E-state index in [4.69, 9.17) is 0 Å². The van der Waals surface area contributed by atoms with E-state index < -0.39 is 0 Å². The molecule has 0 saturated heterocycles. The van der Waals surface area contributed by atoms with Crippen LogP contribution < -0.4 is 9.80 Å². The molecule has 0 amide bonds. The van der Waals surface area contributed by atoms with E-state index in [9.17, 15) is 0 Å². The van der Waals surface area contributed by atoms with Crippen LogP contribution in [0.5, 0.6) is 0 Å². The molecule has 1 aliphatic rings. The maximum absolute atomic E-state index is 4.22. The first kappa shape index (κ1) is 28.1. The van der Waals surface area contributed by atoms with E-state index in [1.807, 2.05) is 42.5 Å². The van der Waals surface area contributed by atoms with Gasteiger partial charge in [-0.05, 0) is 55.2 Å².